The van der Waals surface area contributed by atoms with Crippen LogP contribution < -0.4 is 5.73 Å². The van der Waals surface area contributed by atoms with E-state index in [1.807, 2.05) is 11.8 Å². The Bertz CT molecular complexity index is 554. The van der Waals surface area contributed by atoms with Crippen LogP contribution in [0.5, 0.6) is 0 Å². The van der Waals surface area contributed by atoms with Gasteiger partial charge in [0, 0.05) is 19.6 Å². The molecule has 3 amide bonds. The first-order valence-corrected chi connectivity index (χ1v) is 8.29. The first kappa shape index (κ1) is 17.3. The molecule has 1 atom stereocenters. The third-order valence-electron chi connectivity index (χ3n) is 4.21. The molecule has 1 aromatic rings. The maximum absolute atomic E-state index is 12.9. The highest BCUT2D eigenvalue weighted by Gasteiger charge is 2.35. The molecule has 0 aromatic heterocycles. The lowest BCUT2D eigenvalue weighted by atomic mass is 10.1. The van der Waals surface area contributed by atoms with Crippen LogP contribution in [0.25, 0.3) is 0 Å². The van der Waals surface area contributed by atoms with Crippen LogP contribution in [0.3, 0.4) is 0 Å². The molecular formula is C18H27N3O2. The molecule has 1 fully saturated rings. The lowest BCUT2D eigenvalue weighted by molar-refractivity contribution is -0.136. The lowest BCUT2D eigenvalue weighted by Gasteiger charge is -2.31. The van der Waals surface area contributed by atoms with Crippen molar-refractivity contribution in [2.75, 3.05) is 13.1 Å². The number of nitrogens with zero attached hydrogens (tertiary/aromatic N) is 2. The maximum Gasteiger partial charge on any atom is 0.315 e. The van der Waals surface area contributed by atoms with Gasteiger partial charge in [0.1, 0.15) is 6.04 Å². The summed E-state index contributed by atoms with van der Waals surface area (Å²) in [6.45, 7) is 8.05. The van der Waals surface area contributed by atoms with Crippen LogP contribution in [-0.2, 0) is 11.3 Å². The minimum absolute atomic E-state index is 0.00979. The Kier molecular flexibility index (Phi) is 5.64. The summed E-state index contributed by atoms with van der Waals surface area (Å²) in [6.07, 6.45) is 1.53. The van der Waals surface area contributed by atoms with E-state index in [1.54, 1.807) is 0 Å². The summed E-state index contributed by atoms with van der Waals surface area (Å²) in [5.41, 5.74) is 7.72. The molecule has 1 aliphatic heterocycles. The number of likely N-dealkylation sites (tertiary alicyclic amines) is 1. The van der Waals surface area contributed by atoms with Gasteiger partial charge in [-0.1, -0.05) is 43.7 Å². The van der Waals surface area contributed by atoms with Crippen LogP contribution in [0.15, 0.2) is 24.3 Å². The van der Waals surface area contributed by atoms with Crippen LogP contribution in [0.2, 0.25) is 0 Å². The molecule has 1 heterocycles. The van der Waals surface area contributed by atoms with Gasteiger partial charge in [-0.3, -0.25) is 4.79 Å². The highest BCUT2D eigenvalue weighted by molar-refractivity contribution is 5.87. The van der Waals surface area contributed by atoms with Gasteiger partial charge in [-0.2, -0.15) is 0 Å². The minimum Gasteiger partial charge on any atom is -0.351 e. The summed E-state index contributed by atoms with van der Waals surface area (Å²) in [5.74, 6) is 0.378. The molecule has 2 N–H and O–H groups in total. The number of urea groups is 1. The van der Waals surface area contributed by atoms with E-state index in [9.17, 15) is 9.59 Å². The number of benzene rings is 1. The molecule has 5 nitrogen and oxygen atoms in total. The third kappa shape index (κ3) is 4.47. The summed E-state index contributed by atoms with van der Waals surface area (Å²) in [4.78, 5) is 27.8. The Balaban J connectivity index is 2.15. The van der Waals surface area contributed by atoms with Crippen molar-refractivity contribution in [3.8, 4) is 0 Å². The summed E-state index contributed by atoms with van der Waals surface area (Å²) in [5, 5.41) is 0. The van der Waals surface area contributed by atoms with E-state index in [0.29, 0.717) is 32.0 Å². The van der Waals surface area contributed by atoms with E-state index in [-0.39, 0.29) is 5.91 Å². The average Bonchev–Trinajstić information content (AvgIpc) is 2.97. The van der Waals surface area contributed by atoms with Gasteiger partial charge < -0.3 is 15.5 Å². The first-order valence-electron chi connectivity index (χ1n) is 8.29. The van der Waals surface area contributed by atoms with Crippen molar-refractivity contribution in [2.24, 2.45) is 11.7 Å². The molecule has 0 aliphatic carbocycles. The summed E-state index contributed by atoms with van der Waals surface area (Å²) >= 11 is 0. The summed E-state index contributed by atoms with van der Waals surface area (Å²) < 4.78 is 0. The van der Waals surface area contributed by atoms with Gasteiger partial charge in [-0.25, -0.2) is 4.79 Å². The number of hydrogen-bond donors (Lipinski definition) is 1. The van der Waals surface area contributed by atoms with Gasteiger partial charge >= 0.3 is 6.03 Å². The highest BCUT2D eigenvalue weighted by Crippen LogP contribution is 2.21. The number of carbonyl (C=O) groups excluding carboxylic acids is 2. The molecular weight excluding hydrogens is 290 g/mol. The van der Waals surface area contributed by atoms with Gasteiger partial charge in [0.05, 0.1) is 0 Å². The number of carbonyl (C=O) groups is 2. The van der Waals surface area contributed by atoms with Crippen molar-refractivity contribution >= 4 is 11.9 Å². The predicted molar refractivity (Wildman–Crippen MR) is 90.7 cm³/mol. The monoisotopic (exact) mass is 317 g/mol. The predicted octanol–water partition coefficient (Wildman–Crippen LogP) is 2.52. The number of hydrogen-bond acceptors (Lipinski definition) is 2. The molecule has 0 radical (unpaired) electrons. The number of aryl methyl sites for hydroxylation is 1. The molecule has 0 unspecified atom stereocenters. The van der Waals surface area contributed by atoms with E-state index in [4.69, 9.17) is 5.73 Å². The summed E-state index contributed by atoms with van der Waals surface area (Å²) in [7, 11) is 0. The van der Waals surface area contributed by atoms with Crippen LogP contribution in [0, 0.1) is 12.8 Å². The number of amides is 3. The number of nitrogens with two attached hydrogens (primary N) is 1. The van der Waals surface area contributed by atoms with E-state index in [1.165, 1.54) is 10.5 Å². The molecule has 0 spiro atoms. The second-order valence-electron chi connectivity index (χ2n) is 6.79. The van der Waals surface area contributed by atoms with Crippen LogP contribution in [0.4, 0.5) is 4.79 Å². The molecule has 0 bridgehead atoms. The minimum atomic E-state index is -0.499. The molecule has 23 heavy (non-hydrogen) atoms. The van der Waals surface area contributed by atoms with Crippen molar-refractivity contribution < 1.29 is 9.59 Å². The Morgan fingerprint density at radius 2 is 1.96 bits per heavy atom. The Morgan fingerprint density at radius 3 is 2.52 bits per heavy atom. The zero-order valence-corrected chi connectivity index (χ0v) is 14.3. The quantitative estimate of drug-likeness (QED) is 0.907. The van der Waals surface area contributed by atoms with Gasteiger partial charge in [-0.05, 0) is 31.2 Å². The van der Waals surface area contributed by atoms with Crippen molar-refractivity contribution in [3.63, 3.8) is 0 Å². The van der Waals surface area contributed by atoms with Crippen LogP contribution >= 0.6 is 0 Å². The second kappa shape index (κ2) is 7.49. The van der Waals surface area contributed by atoms with Gasteiger partial charge in [0.15, 0.2) is 0 Å². The molecule has 5 heteroatoms. The molecule has 1 aromatic carbocycles. The van der Waals surface area contributed by atoms with Crippen molar-refractivity contribution in [2.45, 2.75) is 46.2 Å². The Hall–Kier alpha value is -2.04. The van der Waals surface area contributed by atoms with Crippen molar-refractivity contribution in [3.05, 3.63) is 35.4 Å². The Morgan fingerprint density at radius 1 is 1.30 bits per heavy atom. The third-order valence-corrected chi connectivity index (χ3v) is 4.21. The zero-order chi connectivity index (χ0) is 17.0. The topological polar surface area (TPSA) is 66.6 Å². The molecule has 2 rings (SSSR count). The van der Waals surface area contributed by atoms with E-state index < -0.39 is 12.1 Å². The number of rotatable bonds is 5. The maximum atomic E-state index is 12.9. The van der Waals surface area contributed by atoms with Crippen molar-refractivity contribution in [1.82, 2.24) is 9.80 Å². The summed E-state index contributed by atoms with van der Waals surface area (Å²) in [6, 6.07) is 7.31. The smallest absolute Gasteiger partial charge is 0.315 e. The fourth-order valence-electron chi connectivity index (χ4n) is 3.09. The lowest BCUT2D eigenvalue weighted by Crippen LogP contribution is -2.49. The fraction of sp³-hybridized carbons (Fsp3) is 0.556. The van der Waals surface area contributed by atoms with Crippen LogP contribution in [-0.4, -0.2) is 40.9 Å². The molecule has 1 saturated heterocycles. The fourth-order valence-corrected chi connectivity index (χ4v) is 3.09. The molecule has 126 valence electrons. The largest absolute Gasteiger partial charge is 0.351 e. The average molecular weight is 317 g/mol. The SMILES string of the molecule is Cc1ccc(CN(CC(C)C)C(=O)[C@@H]2CCCN2C(N)=O)cc1. The molecule has 1 aliphatic rings. The van der Waals surface area contributed by atoms with Gasteiger partial charge in [-0.15, -0.1) is 0 Å². The van der Waals surface area contributed by atoms with Gasteiger partial charge in [0.25, 0.3) is 0 Å². The van der Waals surface area contributed by atoms with E-state index in [2.05, 4.69) is 38.1 Å². The van der Waals surface area contributed by atoms with Gasteiger partial charge in [0.2, 0.25) is 5.91 Å². The molecule has 0 saturated carbocycles. The highest BCUT2D eigenvalue weighted by atomic mass is 16.2. The number of primary amides is 1. The normalized spacial score (nSPS) is 17.6. The van der Waals surface area contributed by atoms with E-state index in [0.717, 1.165) is 12.0 Å². The van der Waals surface area contributed by atoms with E-state index >= 15 is 0 Å². The standard InChI is InChI=1S/C18H27N3O2/c1-13(2)11-20(12-15-8-6-14(3)7-9-15)17(22)16-5-4-10-21(16)18(19)23/h6-9,13,16H,4-5,10-12H2,1-3H3,(H2,19,23)/t16-/m0/s1. The second-order valence-corrected chi connectivity index (χ2v) is 6.79. The Labute approximate surface area is 138 Å². The van der Waals surface area contributed by atoms with Crippen LogP contribution in [0.1, 0.15) is 37.8 Å². The first-order chi connectivity index (χ1) is 10.9. The zero-order valence-electron chi connectivity index (χ0n) is 14.3. The van der Waals surface area contributed by atoms with Crippen molar-refractivity contribution in [1.29, 1.82) is 0 Å².